The summed E-state index contributed by atoms with van der Waals surface area (Å²) in [6.07, 6.45) is -2.95. The number of urea groups is 1. The zero-order chi connectivity index (χ0) is 32.1. The van der Waals surface area contributed by atoms with Crippen molar-refractivity contribution in [2.75, 3.05) is 10.7 Å². The van der Waals surface area contributed by atoms with E-state index in [9.17, 15) is 32.7 Å². The molecule has 45 heavy (non-hydrogen) atoms. The minimum Gasteiger partial charge on any atom is -0.480 e. The Hall–Kier alpha value is -5.18. The van der Waals surface area contributed by atoms with Gasteiger partial charge in [-0.15, -0.1) is 18.3 Å². The second-order valence-corrected chi connectivity index (χ2v) is 10.8. The van der Waals surface area contributed by atoms with Crippen LogP contribution in [-0.2, 0) is 16.0 Å². The van der Waals surface area contributed by atoms with Crippen LogP contribution in [0.3, 0.4) is 0 Å². The summed E-state index contributed by atoms with van der Waals surface area (Å²) in [5.74, 6) is -1.32. The first-order valence-corrected chi connectivity index (χ1v) is 14.5. The SMILES string of the molecule is Cc1ccccc1N1C(=O)CSC1=NC(=O)NC(CCc1ccc(-c2ncn(-c3ccc(OC(F)(F)F)cc3)n2)cc1)C(=O)O. The maximum atomic E-state index is 12.7. The van der Waals surface area contributed by atoms with E-state index in [0.717, 1.165) is 22.9 Å². The summed E-state index contributed by atoms with van der Waals surface area (Å²) >= 11 is 1.10. The van der Waals surface area contributed by atoms with Crippen molar-refractivity contribution in [2.24, 2.45) is 4.99 Å². The van der Waals surface area contributed by atoms with Crippen LogP contribution in [0.2, 0.25) is 0 Å². The molecular weight excluding hydrogens is 613 g/mol. The zero-order valence-corrected chi connectivity index (χ0v) is 24.4. The van der Waals surface area contributed by atoms with Gasteiger partial charge in [0.15, 0.2) is 11.0 Å². The fourth-order valence-corrected chi connectivity index (χ4v) is 5.33. The average molecular weight is 639 g/mol. The molecule has 0 aliphatic carbocycles. The standard InChI is InChI=1S/C30H25F3N6O5S/c1-18-4-2-3-5-24(18)39-25(40)16-45-29(39)36-28(43)35-23(27(41)42)15-8-19-6-9-20(10-7-19)26-34-17-38(37-26)21-11-13-22(14-12-21)44-30(31,32)33/h2-7,9-14,17,23H,8,15-16H2,1H3,(H,35,43)(H,41,42). The van der Waals surface area contributed by atoms with Crippen LogP contribution in [0.15, 0.2) is 84.1 Å². The summed E-state index contributed by atoms with van der Waals surface area (Å²) in [6.45, 7) is 1.84. The topological polar surface area (TPSA) is 139 Å². The Morgan fingerprint density at radius 2 is 1.80 bits per heavy atom. The molecule has 4 aromatic rings. The Morgan fingerprint density at radius 3 is 2.47 bits per heavy atom. The number of carboxylic acids is 1. The fourth-order valence-electron chi connectivity index (χ4n) is 4.47. The minimum absolute atomic E-state index is 0.0831. The van der Waals surface area contributed by atoms with Gasteiger partial charge in [0.05, 0.1) is 17.1 Å². The number of aromatic nitrogens is 3. The Bertz CT molecular complexity index is 1740. The number of nitrogens with one attached hydrogen (secondary N) is 1. The fraction of sp³-hybridized carbons (Fsp3) is 0.200. The van der Waals surface area contributed by atoms with Gasteiger partial charge in [-0.2, -0.15) is 4.99 Å². The molecule has 2 heterocycles. The van der Waals surface area contributed by atoms with Gasteiger partial charge in [0.2, 0.25) is 5.91 Å². The van der Waals surface area contributed by atoms with Crippen LogP contribution in [0.1, 0.15) is 17.5 Å². The number of benzene rings is 3. The summed E-state index contributed by atoms with van der Waals surface area (Å²) in [4.78, 5) is 46.7. The number of amides is 3. The van der Waals surface area contributed by atoms with Crippen molar-refractivity contribution in [3.8, 4) is 22.8 Å². The highest BCUT2D eigenvalue weighted by Crippen LogP contribution is 2.29. The molecule has 1 saturated heterocycles. The number of aryl methyl sites for hydroxylation is 2. The van der Waals surface area contributed by atoms with Gasteiger partial charge in [0.25, 0.3) is 0 Å². The molecule has 0 saturated carbocycles. The van der Waals surface area contributed by atoms with Gasteiger partial charge in [-0.3, -0.25) is 9.69 Å². The lowest BCUT2D eigenvalue weighted by Gasteiger charge is -2.18. The van der Waals surface area contributed by atoms with E-state index in [1.807, 2.05) is 19.1 Å². The van der Waals surface area contributed by atoms with Crippen molar-refractivity contribution < 1.29 is 37.4 Å². The van der Waals surface area contributed by atoms with Crippen LogP contribution in [-0.4, -0.2) is 61.1 Å². The monoisotopic (exact) mass is 638 g/mol. The van der Waals surface area contributed by atoms with E-state index in [2.05, 4.69) is 25.1 Å². The number of thioether (sulfide) groups is 1. The zero-order valence-electron chi connectivity index (χ0n) is 23.6. The summed E-state index contributed by atoms with van der Waals surface area (Å²) in [6, 6.07) is 17.3. The number of nitrogens with zero attached hydrogens (tertiary/aromatic N) is 5. The molecule has 2 N–H and O–H groups in total. The maximum Gasteiger partial charge on any atom is 0.573 e. The predicted octanol–water partition coefficient (Wildman–Crippen LogP) is 5.37. The molecule has 3 amide bonds. The Morgan fingerprint density at radius 1 is 1.09 bits per heavy atom. The normalized spacial score (nSPS) is 14.9. The molecule has 15 heteroatoms. The smallest absolute Gasteiger partial charge is 0.480 e. The van der Waals surface area contributed by atoms with Crippen LogP contribution in [0.4, 0.5) is 23.7 Å². The molecule has 1 aliphatic heterocycles. The third kappa shape index (κ3) is 7.86. The van der Waals surface area contributed by atoms with Gasteiger partial charge in [-0.05, 0) is 61.2 Å². The summed E-state index contributed by atoms with van der Waals surface area (Å²) in [7, 11) is 0. The molecule has 11 nitrogen and oxygen atoms in total. The number of aliphatic carboxylic acids is 1. The molecule has 0 bridgehead atoms. The molecule has 0 spiro atoms. The number of carboxylic acid groups (broad SMARTS) is 1. The number of aliphatic imine (C=N–C) groups is 1. The third-order valence-corrected chi connectivity index (χ3v) is 7.60. The highest BCUT2D eigenvalue weighted by molar-refractivity contribution is 8.15. The number of carbonyl (C=O) groups excluding carboxylic acids is 2. The summed E-state index contributed by atoms with van der Waals surface area (Å²) in [5, 5.41) is 16.7. The highest BCUT2D eigenvalue weighted by Gasteiger charge is 2.32. The minimum atomic E-state index is -4.78. The van der Waals surface area contributed by atoms with Crippen LogP contribution in [0.5, 0.6) is 5.75 Å². The lowest BCUT2D eigenvalue weighted by atomic mass is 10.0. The molecule has 1 atom stereocenters. The van der Waals surface area contributed by atoms with Crippen molar-refractivity contribution in [1.82, 2.24) is 20.1 Å². The van der Waals surface area contributed by atoms with E-state index >= 15 is 0 Å². The quantitative estimate of drug-likeness (QED) is 0.250. The molecule has 5 rings (SSSR count). The Kier molecular flexibility index (Phi) is 9.18. The first-order chi connectivity index (χ1) is 21.5. The molecule has 1 aromatic heterocycles. The van der Waals surface area contributed by atoms with Gasteiger partial charge < -0.3 is 15.2 Å². The van der Waals surface area contributed by atoms with Crippen LogP contribution in [0.25, 0.3) is 17.1 Å². The van der Waals surface area contributed by atoms with E-state index in [1.54, 1.807) is 36.4 Å². The van der Waals surface area contributed by atoms with Crippen molar-refractivity contribution in [2.45, 2.75) is 32.2 Å². The number of ether oxygens (including phenoxy) is 1. The molecular formula is C30H25F3N6O5S. The first-order valence-electron chi connectivity index (χ1n) is 13.5. The number of para-hydroxylation sites is 1. The second kappa shape index (κ2) is 13.2. The number of alkyl halides is 3. The van der Waals surface area contributed by atoms with Crippen molar-refractivity contribution in [3.05, 3.63) is 90.3 Å². The van der Waals surface area contributed by atoms with Crippen LogP contribution < -0.4 is 15.0 Å². The van der Waals surface area contributed by atoms with E-state index < -0.39 is 24.4 Å². The Labute approximate surface area is 258 Å². The number of hydrogen-bond donors (Lipinski definition) is 2. The summed E-state index contributed by atoms with van der Waals surface area (Å²) in [5.41, 5.74) is 3.37. The molecule has 0 radical (unpaired) electrons. The predicted molar refractivity (Wildman–Crippen MR) is 160 cm³/mol. The van der Waals surface area contributed by atoms with Crippen LogP contribution >= 0.6 is 11.8 Å². The molecule has 1 aliphatic rings. The number of hydrogen-bond acceptors (Lipinski definition) is 7. The lowest BCUT2D eigenvalue weighted by Crippen LogP contribution is -2.40. The summed E-state index contributed by atoms with van der Waals surface area (Å²) < 4.78 is 42.5. The van der Waals surface area contributed by atoms with Crippen molar-refractivity contribution >= 4 is 40.5 Å². The average Bonchev–Trinajstić information content (AvgIpc) is 3.62. The van der Waals surface area contributed by atoms with Crippen molar-refractivity contribution in [3.63, 3.8) is 0 Å². The largest absolute Gasteiger partial charge is 0.573 e. The van der Waals surface area contributed by atoms with Crippen LogP contribution in [0, 0.1) is 6.92 Å². The Balaban J connectivity index is 1.19. The lowest BCUT2D eigenvalue weighted by molar-refractivity contribution is -0.274. The number of rotatable bonds is 9. The number of amidine groups is 1. The van der Waals surface area contributed by atoms with Crippen molar-refractivity contribution in [1.29, 1.82) is 0 Å². The second-order valence-electron chi connectivity index (χ2n) is 9.83. The van der Waals surface area contributed by atoms with Gasteiger partial charge in [0.1, 0.15) is 18.1 Å². The van der Waals surface area contributed by atoms with E-state index in [0.29, 0.717) is 29.2 Å². The number of halogens is 3. The van der Waals surface area contributed by atoms with Gasteiger partial charge >= 0.3 is 18.4 Å². The number of carbonyl (C=O) groups is 3. The maximum absolute atomic E-state index is 12.7. The molecule has 3 aromatic carbocycles. The van der Waals surface area contributed by atoms with E-state index in [-0.39, 0.29) is 29.0 Å². The molecule has 1 fully saturated rings. The van der Waals surface area contributed by atoms with Gasteiger partial charge in [-0.25, -0.2) is 19.3 Å². The first kappa shape index (κ1) is 31.3. The van der Waals surface area contributed by atoms with Gasteiger partial charge in [-0.1, -0.05) is 54.2 Å². The number of anilines is 1. The van der Waals surface area contributed by atoms with E-state index in [4.69, 9.17) is 0 Å². The van der Waals surface area contributed by atoms with E-state index in [1.165, 1.54) is 40.2 Å². The molecule has 232 valence electrons. The third-order valence-electron chi connectivity index (χ3n) is 6.68. The van der Waals surface area contributed by atoms with Gasteiger partial charge in [0, 0.05) is 5.56 Å². The highest BCUT2D eigenvalue weighted by atomic mass is 32.2. The molecule has 1 unspecified atom stereocenters.